The molecule has 0 saturated carbocycles. The Labute approximate surface area is 256 Å². The number of nitrogens with zero attached hydrogens (tertiary/aromatic N) is 3. The third-order valence-electron chi connectivity index (χ3n) is 7.54. The predicted molar refractivity (Wildman–Crippen MR) is 170 cm³/mol. The maximum Gasteiger partial charge on any atom is 0.410 e. The Hall–Kier alpha value is -5.05. The highest BCUT2D eigenvalue weighted by Crippen LogP contribution is 2.39. The lowest BCUT2D eigenvalue weighted by atomic mass is 10.1. The molecule has 1 saturated heterocycles. The molecule has 0 bridgehead atoms. The maximum absolute atomic E-state index is 14.3. The summed E-state index contributed by atoms with van der Waals surface area (Å²) in [6, 6.07) is 27.1. The van der Waals surface area contributed by atoms with Crippen LogP contribution in [0.3, 0.4) is 0 Å². The van der Waals surface area contributed by atoms with E-state index >= 15 is 0 Å². The molecule has 8 nitrogen and oxygen atoms in total. The fourth-order valence-electron chi connectivity index (χ4n) is 5.36. The van der Waals surface area contributed by atoms with E-state index in [1.165, 1.54) is 12.1 Å². The number of rotatable bonds is 5. The number of anilines is 4. The molecule has 4 aromatic carbocycles. The van der Waals surface area contributed by atoms with E-state index in [0.29, 0.717) is 60.3 Å². The van der Waals surface area contributed by atoms with Gasteiger partial charge in [-0.25, -0.2) is 9.18 Å². The molecular weight excluding hydrogens is 559 g/mol. The quantitative estimate of drug-likeness (QED) is 0.257. The lowest BCUT2D eigenvalue weighted by Gasteiger charge is -2.36. The first-order valence-electron chi connectivity index (χ1n) is 14.7. The number of carbonyl (C=O) groups is 2. The van der Waals surface area contributed by atoms with Crippen LogP contribution in [0.4, 0.5) is 31.9 Å². The van der Waals surface area contributed by atoms with Gasteiger partial charge in [0.2, 0.25) is 0 Å². The van der Waals surface area contributed by atoms with Crippen molar-refractivity contribution >= 4 is 34.7 Å². The van der Waals surface area contributed by atoms with Gasteiger partial charge in [0, 0.05) is 31.9 Å². The van der Waals surface area contributed by atoms with E-state index in [4.69, 9.17) is 9.47 Å². The molecule has 1 N–H and O–H groups in total. The molecular formula is C35H35FN4O4. The van der Waals surface area contributed by atoms with Crippen molar-refractivity contribution in [3.63, 3.8) is 0 Å². The topological polar surface area (TPSA) is 74.4 Å². The first-order chi connectivity index (χ1) is 21.1. The Kier molecular flexibility index (Phi) is 7.86. The first-order valence-corrected chi connectivity index (χ1v) is 14.7. The minimum Gasteiger partial charge on any atom is -0.457 e. The van der Waals surface area contributed by atoms with E-state index in [1.807, 2.05) is 75.4 Å². The molecule has 6 rings (SSSR count). The monoisotopic (exact) mass is 594 g/mol. The zero-order chi connectivity index (χ0) is 30.8. The third-order valence-corrected chi connectivity index (χ3v) is 7.54. The standard InChI is InChI=1S/C35H35FN4O4/c1-35(2,3)44-34(42)39-19-17-38(18-20-39)26-10-12-27(13-11-26)43-28-14-16-30-29(22-28)33(41)40(23-24-7-5-4-6-8-24)32-21-25(36)9-15-31(32)37-30/h4-16,21-22,37H,17-20,23H2,1-3H3. The Morgan fingerprint density at radius 2 is 1.52 bits per heavy atom. The Balaban J connectivity index is 1.17. The highest BCUT2D eigenvalue weighted by atomic mass is 19.1. The van der Waals surface area contributed by atoms with Crippen molar-refractivity contribution in [3.8, 4) is 11.5 Å². The summed E-state index contributed by atoms with van der Waals surface area (Å²) in [5.41, 5.74) is 3.60. The summed E-state index contributed by atoms with van der Waals surface area (Å²) in [5, 5.41) is 3.31. The van der Waals surface area contributed by atoms with Crippen LogP contribution in [0.5, 0.6) is 11.5 Å². The number of fused-ring (bicyclic) bond motifs is 2. The molecule has 0 atom stereocenters. The van der Waals surface area contributed by atoms with Crippen molar-refractivity contribution in [2.24, 2.45) is 0 Å². The van der Waals surface area contributed by atoms with Crippen molar-refractivity contribution in [2.75, 3.05) is 41.3 Å². The minimum absolute atomic E-state index is 0.257. The van der Waals surface area contributed by atoms with Gasteiger partial charge in [0.1, 0.15) is 22.9 Å². The number of halogens is 1. The van der Waals surface area contributed by atoms with E-state index in [2.05, 4.69) is 10.2 Å². The second kappa shape index (κ2) is 11.9. The molecule has 0 aromatic heterocycles. The highest BCUT2D eigenvalue weighted by Gasteiger charge is 2.29. The van der Waals surface area contributed by atoms with Gasteiger partial charge < -0.3 is 29.5 Å². The van der Waals surface area contributed by atoms with Crippen molar-refractivity contribution < 1.29 is 23.5 Å². The van der Waals surface area contributed by atoms with Crippen LogP contribution in [0.25, 0.3) is 0 Å². The molecule has 0 aliphatic carbocycles. The molecule has 2 aliphatic rings. The molecule has 2 aliphatic heterocycles. The molecule has 2 heterocycles. The summed E-state index contributed by atoms with van der Waals surface area (Å²) in [6.07, 6.45) is -0.283. The van der Waals surface area contributed by atoms with Gasteiger partial charge in [0.15, 0.2) is 0 Å². The van der Waals surface area contributed by atoms with Crippen LogP contribution < -0.4 is 19.9 Å². The number of amides is 2. The SMILES string of the molecule is CC(C)(C)OC(=O)N1CCN(c2ccc(Oc3ccc4c(c3)C(=O)N(Cc3ccccc3)c3cc(F)ccc3N4)cc2)CC1. The molecule has 0 spiro atoms. The van der Waals surface area contributed by atoms with Crippen LogP contribution in [0.1, 0.15) is 36.7 Å². The second-order valence-electron chi connectivity index (χ2n) is 11.9. The average Bonchev–Trinajstić information content (AvgIpc) is 3.11. The Bertz CT molecular complexity index is 1660. The normalized spacial score (nSPS) is 14.7. The maximum atomic E-state index is 14.3. The van der Waals surface area contributed by atoms with E-state index in [-0.39, 0.29) is 18.5 Å². The van der Waals surface area contributed by atoms with E-state index in [0.717, 1.165) is 11.3 Å². The number of piperazine rings is 1. The van der Waals surface area contributed by atoms with Gasteiger partial charge in [-0.3, -0.25) is 4.79 Å². The summed E-state index contributed by atoms with van der Waals surface area (Å²) in [7, 11) is 0. The zero-order valence-corrected chi connectivity index (χ0v) is 25.0. The fraction of sp³-hybridized carbons (Fsp3) is 0.257. The number of hydrogen-bond acceptors (Lipinski definition) is 6. The van der Waals surface area contributed by atoms with E-state index < -0.39 is 11.4 Å². The van der Waals surface area contributed by atoms with Crippen LogP contribution in [-0.2, 0) is 11.3 Å². The van der Waals surface area contributed by atoms with E-state index in [9.17, 15) is 14.0 Å². The summed E-state index contributed by atoms with van der Waals surface area (Å²) >= 11 is 0. The summed E-state index contributed by atoms with van der Waals surface area (Å²) < 4.78 is 26.0. The van der Waals surface area contributed by atoms with Gasteiger partial charge in [-0.15, -0.1) is 0 Å². The Morgan fingerprint density at radius 1 is 0.841 bits per heavy atom. The van der Waals surface area contributed by atoms with Gasteiger partial charge >= 0.3 is 6.09 Å². The van der Waals surface area contributed by atoms with Crippen LogP contribution in [-0.4, -0.2) is 48.7 Å². The van der Waals surface area contributed by atoms with Gasteiger partial charge in [-0.05, 0) is 87.0 Å². The van der Waals surface area contributed by atoms with Gasteiger partial charge in [-0.1, -0.05) is 30.3 Å². The third kappa shape index (κ3) is 6.46. The van der Waals surface area contributed by atoms with Crippen molar-refractivity contribution in [1.82, 2.24) is 4.90 Å². The predicted octanol–water partition coefficient (Wildman–Crippen LogP) is 7.58. The molecule has 2 amide bonds. The minimum atomic E-state index is -0.517. The van der Waals surface area contributed by atoms with Gasteiger partial charge in [0.05, 0.1) is 29.2 Å². The van der Waals surface area contributed by atoms with Crippen LogP contribution >= 0.6 is 0 Å². The molecule has 0 radical (unpaired) electrons. The van der Waals surface area contributed by atoms with Crippen LogP contribution in [0, 0.1) is 5.82 Å². The summed E-state index contributed by atoms with van der Waals surface area (Å²) in [5.74, 6) is 0.461. The average molecular weight is 595 g/mol. The smallest absolute Gasteiger partial charge is 0.410 e. The largest absolute Gasteiger partial charge is 0.457 e. The van der Waals surface area contributed by atoms with Crippen LogP contribution in [0.2, 0.25) is 0 Å². The van der Waals surface area contributed by atoms with Crippen molar-refractivity contribution in [3.05, 3.63) is 108 Å². The number of hydrogen-bond donors (Lipinski definition) is 1. The highest BCUT2D eigenvalue weighted by molar-refractivity contribution is 6.13. The summed E-state index contributed by atoms with van der Waals surface area (Å²) in [4.78, 5) is 31.9. The van der Waals surface area contributed by atoms with Crippen molar-refractivity contribution in [1.29, 1.82) is 0 Å². The fourth-order valence-corrected chi connectivity index (χ4v) is 5.36. The molecule has 44 heavy (non-hydrogen) atoms. The molecule has 226 valence electrons. The number of ether oxygens (including phenoxy) is 2. The molecule has 1 fully saturated rings. The first kappa shape index (κ1) is 29.0. The number of nitrogens with one attached hydrogen (secondary N) is 1. The Morgan fingerprint density at radius 3 is 2.23 bits per heavy atom. The lowest BCUT2D eigenvalue weighted by Crippen LogP contribution is -2.50. The number of benzene rings is 4. The van der Waals surface area contributed by atoms with E-state index in [1.54, 1.807) is 34.1 Å². The summed E-state index contributed by atoms with van der Waals surface area (Å²) in [6.45, 7) is 8.46. The van der Waals surface area contributed by atoms with Gasteiger partial charge in [0.25, 0.3) is 5.91 Å². The molecule has 9 heteroatoms. The van der Waals surface area contributed by atoms with Gasteiger partial charge in [-0.2, -0.15) is 0 Å². The molecule has 0 unspecified atom stereocenters. The zero-order valence-electron chi connectivity index (χ0n) is 25.0. The number of carbonyl (C=O) groups excluding carboxylic acids is 2. The van der Waals surface area contributed by atoms with Crippen LogP contribution in [0.15, 0.2) is 91.0 Å². The molecule has 4 aromatic rings. The second-order valence-corrected chi connectivity index (χ2v) is 11.9. The lowest BCUT2D eigenvalue weighted by molar-refractivity contribution is 0.0240. The van der Waals surface area contributed by atoms with Crippen molar-refractivity contribution in [2.45, 2.75) is 32.9 Å².